The summed E-state index contributed by atoms with van der Waals surface area (Å²) in [5.74, 6) is 0.915. The molecule has 0 radical (unpaired) electrons. The lowest BCUT2D eigenvalue weighted by Crippen LogP contribution is -2.10. The Kier molecular flexibility index (Phi) is 2.88. The van der Waals surface area contributed by atoms with Crippen molar-refractivity contribution in [1.29, 1.82) is 0 Å². The molecule has 1 N–H and O–H groups in total. The van der Waals surface area contributed by atoms with Crippen molar-refractivity contribution in [3.8, 4) is 0 Å². The summed E-state index contributed by atoms with van der Waals surface area (Å²) in [6.07, 6.45) is 0. The van der Waals surface area contributed by atoms with Crippen LogP contribution in [0.2, 0.25) is 0 Å². The lowest BCUT2D eigenvalue weighted by molar-refractivity contribution is 0.102. The molecule has 78 valence electrons. The molecule has 0 aliphatic heterocycles. The molecule has 0 saturated carbocycles. The molecule has 4 nitrogen and oxygen atoms in total. The normalized spacial score (nSPS) is 10.3. The van der Waals surface area contributed by atoms with Gasteiger partial charge >= 0.3 is 0 Å². The minimum absolute atomic E-state index is 0.181. The Hall–Kier alpha value is -1.14. The molecular formula is C9H7BrN2O2S. The monoisotopic (exact) mass is 286 g/mol. The molecule has 0 unspecified atom stereocenters. The molecule has 0 aromatic carbocycles. The largest absolute Gasteiger partial charge is 0.360 e. The van der Waals surface area contributed by atoms with E-state index in [2.05, 4.69) is 26.4 Å². The van der Waals surface area contributed by atoms with Crippen LogP contribution in [0.25, 0.3) is 0 Å². The number of aryl methyl sites for hydroxylation is 1. The van der Waals surface area contributed by atoms with Gasteiger partial charge in [-0.2, -0.15) is 0 Å². The van der Waals surface area contributed by atoms with Crippen molar-refractivity contribution in [3.63, 3.8) is 0 Å². The van der Waals surface area contributed by atoms with E-state index in [1.165, 1.54) is 11.3 Å². The van der Waals surface area contributed by atoms with Gasteiger partial charge in [0.15, 0.2) is 5.82 Å². The van der Waals surface area contributed by atoms with Gasteiger partial charge in [0.05, 0.1) is 4.88 Å². The summed E-state index contributed by atoms with van der Waals surface area (Å²) in [4.78, 5) is 12.3. The number of carbonyl (C=O) groups excluding carboxylic acids is 1. The first kappa shape index (κ1) is 10.4. The van der Waals surface area contributed by atoms with Gasteiger partial charge < -0.3 is 9.84 Å². The van der Waals surface area contributed by atoms with Gasteiger partial charge in [0, 0.05) is 15.9 Å². The summed E-state index contributed by atoms with van der Waals surface area (Å²) in [7, 11) is 0. The smallest absolute Gasteiger partial charge is 0.267 e. The zero-order chi connectivity index (χ0) is 10.8. The third-order valence-electron chi connectivity index (χ3n) is 1.66. The molecule has 0 spiro atoms. The van der Waals surface area contributed by atoms with Gasteiger partial charge in [-0.15, -0.1) is 11.3 Å². The fourth-order valence-corrected chi connectivity index (χ4v) is 2.36. The van der Waals surface area contributed by atoms with Crippen molar-refractivity contribution in [1.82, 2.24) is 5.16 Å². The van der Waals surface area contributed by atoms with Gasteiger partial charge in [0.1, 0.15) is 5.76 Å². The summed E-state index contributed by atoms with van der Waals surface area (Å²) < 4.78 is 5.73. The summed E-state index contributed by atoms with van der Waals surface area (Å²) in [6, 6.07) is 3.42. The van der Waals surface area contributed by atoms with Crippen LogP contribution in [0.3, 0.4) is 0 Å². The van der Waals surface area contributed by atoms with Gasteiger partial charge in [-0.25, -0.2) is 0 Å². The summed E-state index contributed by atoms with van der Waals surface area (Å²) in [6.45, 7) is 1.77. The van der Waals surface area contributed by atoms with Crippen LogP contribution in [-0.4, -0.2) is 11.1 Å². The number of hydrogen-bond donors (Lipinski definition) is 1. The third-order valence-corrected chi connectivity index (χ3v) is 3.35. The fourth-order valence-electron chi connectivity index (χ4n) is 1.04. The Bertz CT molecular complexity index is 492. The van der Waals surface area contributed by atoms with Crippen molar-refractivity contribution >= 4 is 39.0 Å². The van der Waals surface area contributed by atoms with Gasteiger partial charge in [0.2, 0.25) is 0 Å². The van der Waals surface area contributed by atoms with Crippen LogP contribution in [0.1, 0.15) is 15.4 Å². The first-order chi connectivity index (χ1) is 7.15. The molecule has 0 atom stereocenters. The molecule has 0 aliphatic rings. The van der Waals surface area contributed by atoms with E-state index < -0.39 is 0 Å². The minimum Gasteiger partial charge on any atom is -0.360 e. The van der Waals surface area contributed by atoms with E-state index in [0.29, 0.717) is 16.5 Å². The van der Waals surface area contributed by atoms with Crippen LogP contribution >= 0.6 is 27.3 Å². The summed E-state index contributed by atoms with van der Waals surface area (Å²) in [5.41, 5.74) is 0. The number of nitrogens with one attached hydrogen (secondary N) is 1. The second-order valence-corrected chi connectivity index (χ2v) is 4.73. The first-order valence-electron chi connectivity index (χ1n) is 4.14. The van der Waals surface area contributed by atoms with E-state index in [1.807, 2.05) is 5.38 Å². The van der Waals surface area contributed by atoms with Crippen LogP contribution in [0.15, 0.2) is 26.5 Å². The molecule has 15 heavy (non-hydrogen) atoms. The molecule has 1 amide bonds. The molecule has 2 rings (SSSR count). The van der Waals surface area contributed by atoms with Crippen molar-refractivity contribution in [2.45, 2.75) is 6.92 Å². The molecule has 2 aromatic rings. The third kappa shape index (κ3) is 2.45. The number of carbonyl (C=O) groups is 1. The van der Waals surface area contributed by atoms with Crippen LogP contribution in [0, 0.1) is 6.92 Å². The summed E-state index contributed by atoms with van der Waals surface area (Å²) in [5, 5.41) is 8.16. The average Bonchev–Trinajstić information content (AvgIpc) is 2.75. The zero-order valence-electron chi connectivity index (χ0n) is 7.78. The number of anilines is 1. The molecule has 2 aromatic heterocycles. The molecule has 0 bridgehead atoms. The van der Waals surface area contributed by atoms with Gasteiger partial charge in [-0.05, 0) is 28.9 Å². The van der Waals surface area contributed by atoms with Crippen molar-refractivity contribution in [2.24, 2.45) is 0 Å². The van der Waals surface area contributed by atoms with E-state index in [9.17, 15) is 4.79 Å². The van der Waals surface area contributed by atoms with Crippen LogP contribution < -0.4 is 5.32 Å². The Morgan fingerprint density at radius 1 is 1.60 bits per heavy atom. The Morgan fingerprint density at radius 2 is 2.40 bits per heavy atom. The SMILES string of the molecule is Cc1cc(NC(=O)c2cc(Br)cs2)no1. The highest BCUT2D eigenvalue weighted by molar-refractivity contribution is 9.10. The number of aromatic nitrogens is 1. The van der Waals surface area contributed by atoms with Gasteiger partial charge in [-0.1, -0.05) is 5.16 Å². The number of nitrogens with zero attached hydrogens (tertiary/aromatic N) is 1. The van der Waals surface area contributed by atoms with Crippen LogP contribution in [0.5, 0.6) is 0 Å². The number of hydrogen-bond acceptors (Lipinski definition) is 4. The Balaban J connectivity index is 2.10. The molecule has 0 fully saturated rings. The predicted molar refractivity (Wildman–Crippen MR) is 61.2 cm³/mol. The van der Waals surface area contributed by atoms with Crippen molar-refractivity contribution < 1.29 is 9.32 Å². The number of amides is 1. The second kappa shape index (κ2) is 4.16. The summed E-state index contributed by atoms with van der Waals surface area (Å²) >= 11 is 4.65. The molecule has 0 aliphatic carbocycles. The maximum Gasteiger partial charge on any atom is 0.267 e. The van der Waals surface area contributed by atoms with E-state index >= 15 is 0 Å². The van der Waals surface area contributed by atoms with E-state index in [0.717, 1.165) is 4.47 Å². The lowest BCUT2D eigenvalue weighted by Gasteiger charge is -1.96. The van der Waals surface area contributed by atoms with Crippen molar-refractivity contribution in [3.05, 3.63) is 32.6 Å². The van der Waals surface area contributed by atoms with E-state index in [1.54, 1.807) is 19.1 Å². The number of thiophene rings is 1. The maximum atomic E-state index is 11.6. The van der Waals surface area contributed by atoms with E-state index in [4.69, 9.17) is 4.52 Å². The van der Waals surface area contributed by atoms with Gasteiger partial charge in [0.25, 0.3) is 5.91 Å². The standard InChI is InChI=1S/C9H7BrN2O2S/c1-5-2-8(12-14-5)11-9(13)7-3-6(10)4-15-7/h2-4H,1H3,(H,11,12,13). The van der Waals surface area contributed by atoms with Crippen molar-refractivity contribution in [2.75, 3.05) is 5.32 Å². The quantitative estimate of drug-likeness (QED) is 0.923. The molecule has 0 saturated heterocycles. The average molecular weight is 287 g/mol. The number of rotatable bonds is 2. The Morgan fingerprint density at radius 3 is 2.93 bits per heavy atom. The maximum absolute atomic E-state index is 11.6. The molecule has 6 heteroatoms. The molecule has 2 heterocycles. The highest BCUT2D eigenvalue weighted by atomic mass is 79.9. The molecular weight excluding hydrogens is 280 g/mol. The number of halogens is 1. The van der Waals surface area contributed by atoms with Crippen LogP contribution in [-0.2, 0) is 0 Å². The van der Waals surface area contributed by atoms with Crippen LogP contribution in [0.4, 0.5) is 5.82 Å². The van der Waals surface area contributed by atoms with Gasteiger partial charge in [-0.3, -0.25) is 4.79 Å². The first-order valence-corrected chi connectivity index (χ1v) is 5.81. The zero-order valence-corrected chi connectivity index (χ0v) is 10.2. The lowest BCUT2D eigenvalue weighted by atomic mass is 10.4. The predicted octanol–water partition coefficient (Wildman–Crippen LogP) is 3.06. The highest BCUT2D eigenvalue weighted by Gasteiger charge is 2.10. The second-order valence-electron chi connectivity index (χ2n) is 2.91. The highest BCUT2D eigenvalue weighted by Crippen LogP contribution is 2.20. The fraction of sp³-hybridized carbons (Fsp3) is 0.111. The Labute approximate surface area is 98.4 Å². The minimum atomic E-state index is -0.181. The topological polar surface area (TPSA) is 55.1 Å². The van der Waals surface area contributed by atoms with E-state index in [-0.39, 0.29) is 5.91 Å².